The summed E-state index contributed by atoms with van der Waals surface area (Å²) >= 11 is 3.50. The lowest BCUT2D eigenvalue weighted by molar-refractivity contribution is 0.00896. The van der Waals surface area contributed by atoms with Gasteiger partial charge in [0, 0.05) is 24.0 Å². The molecule has 0 bridgehead atoms. The van der Waals surface area contributed by atoms with Gasteiger partial charge in [0.2, 0.25) is 0 Å². The highest BCUT2D eigenvalue weighted by Crippen LogP contribution is 2.33. The van der Waals surface area contributed by atoms with Gasteiger partial charge in [-0.05, 0) is 43.7 Å². The van der Waals surface area contributed by atoms with Crippen LogP contribution < -0.4 is 4.74 Å². The van der Waals surface area contributed by atoms with E-state index in [1.54, 1.807) is 0 Å². The molecule has 1 aliphatic carbocycles. The number of fused-ring (bicyclic) bond motifs is 1. The fourth-order valence-electron chi connectivity index (χ4n) is 3.50. The molecule has 1 N–H and O–H groups in total. The zero-order chi connectivity index (χ0) is 14.2. The highest BCUT2D eigenvalue weighted by molar-refractivity contribution is 9.10. The van der Waals surface area contributed by atoms with E-state index < -0.39 is 5.60 Å². The maximum atomic E-state index is 10.5. The molecule has 1 aromatic rings. The van der Waals surface area contributed by atoms with Gasteiger partial charge in [0.25, 0.3) is 0 Å². The Balaban J connectivity index is 1.55. The molecule has 3 rings (SSSR count). The number of benzene rings is 1. The van der Waals surface area contributed by atoms with Crippen LogP contribution in [-0.4, -0.2) is 41.8 Å². The Hall–Kier alpha value is -0.580. The van der Waals surface area contributed by atoms with Crippen LogP contribution in [0.1, 0.15) is 31.2 Å². The van der Waals surface area contributed by atoms with Gasteiger partial charge in [0.1, 0.15) is 11.9 Å². The molecule has 0 amide bonds. The summed E-state index contributed by atoms with van der Waals surface area (Å²) in [6.45, 7) is 1.63. The first-order chi connectivity index (χ1) is 9.54. The number of hydrogen-bond donors (Lipinski definition) is 1. The van der Waals surface area contributed by atoms with Crippen LogP contribution in [0.4, 0.5) is 0 Å². The molecule has 1 heterocycles. The van der Waals surface area contributed by atoms with Crippen molar-refractivity contribution < 1.29 is 9.84 Å². The fourth-order valence-corrected chi connectivity index (χ4v) is 3.91. The van der Waals surface area contributed by atoms with Crippen LogP contribution in [0.15, 0.2) is 22.7 Å². The van der Waals surface area contributed by atoms with Crippen LogP contribution in [0, 0.1) is 0 Å². The van der Waals surface area contributed by atoms with Crippen LogP contribution in [0.25, 0.3) is 0 Å². The molecule has 1 saturated carbocycles. The summed E-state index contributed by atoms with van der Waals surface area (Å²) < 4.78 is 7.09. The minimum atomic E-state index is -0.469. The van der Waals surface area contributed by atoms with Gasteiger partial charge in [0.05, 0.1) is 5.60 Å². The predicted octanol–water partition coefficient (Wildman–Crippen LogP) is 2.99. The summed E-state index contributed by atoms with van der Waals surface area (Å²) in [7, 11) is 2.08. The number of aliphatic hydroxyl groups is 1. The standard InChI is InChI=1S/C16H22BrNO2/c1-18(11-16(19)6-2-3-7-16)10-14-9-12-8-13(17)4-5-15(12)20-14/h4-5,8,14,19H,2-3,6-7,9-11H2,1H3. The molecular weight excluding hydrogens is 318 g/mol. The van der Waals surface area contributed by atoms with Crippen molar-refractivity contribution in [3.8, 4) is 5.75 Å². The van der Waals surface area contributed by atoms with Crippen molar-refractivity contribution in [3.63, 3.8) is 0 Å². The summed E-state index contributed by atoms with van der Waals surface area (Å²) in [4.78, 5) is 2.22. The zero-order valence-corrected chi connectivity index (χ0v) is 13.5. The third kappa shape index (κ3) is 3.18. The van der Waals surface area contributed by atoms with E-state index in [4.69, 9.17) is 4.74 Å². The number of hydrogen-bond acceptors (Lipinski definition) is 3. The molecule has 1 atom stereocenters. The summed E-state index contributed by atoms with van der Waals surface area (Å²) in [6.07, 6.45) is 5.35. The molecule has 1 aliphatic heterocycles. The Labute approximate surface area is 129 Å². The Morgan fingerprint density at radius 2 is 2.15 bits per heavy atom. The zero-order valence-electron chi connectivity index (χ0n) is 11.9. The highest BCUT2D eigenvalue weighted by atomic mass is 79.9. The van der Waals surface area contributed by atoms with Crippen LogP contribution in [0.5, 0.6) is 5.75 Å². The molecule has 1 unspecified atom stereocenters. The van der Waals surface area contributed by atoms with E-state index in [1.807, 2.05) is 12.1 Å². The largest absolute Gasteiger partial charge is 0.488 e. The number of likely N-dealkylation sites (N-methyl/N-ethyl adjacent to an activating group) is 1. The third-order valence-electron chi connectivity index (χ3n) is 4.38. The lowest BCUT2D eigenvalue weighted by atomic mass is 10.0. The van der Waals surface area contributed by atoms with E-state index in [9.17, 15) is 5.11 Å². The number of ether oxygens (including phenoxy) is 1. The van der Waals surface area contributed by atoms with Gasteiger partial charge >= 0.3 is 0 Å². The quantitative estimate of drug-likeness (QED) is 0.915. The number of halogens is 1. The monoisotopic (exact) mass is 339 g/mol. The van der Waals surface area contributed by atoms with Gasteiger partial charge in [-0.25, -0.2) is 0 Å². The van der Waals surface area contributed by atoms with Crippen LogP contribution in [0.2, 0.25) is 0 Å². The van der Waals surface area contributed by atoms with E-state index in [0.29, 0.717) is 0 Å². The molecule has 2 aliphatic rings. The smallest absolute Gasteiger partial charge is 0.123 e. The lowest BCUT2D eigenvalue weighted by Crippen LogP contribution is -2.42. The first-order valence-electron chi connectivity index (χ1n) is 7.40. The molecule has 1 fully saturated rings. The minimum Gasteiger partial charge on any atom is -0.488 e. The molecular formula is C16H22BrNO2. The van der Waals surface area contributed by atoms with E-state index in [1.165, 1.54) is 5.56 Å². The Kier molecular flexibility index (Phi) is 4.07. The van der Waals surface area contributed by atoms with E-state index in [0.717, 1.165) is 55.4 Å². The third-order valence-corrected chi connectivity index (χ3v) is 4.87. The Morgan fingerprint density at radius 3 is 2.90 bits per heavy atom. The Morgan fingerprint density at radius 1 is 1.40 bits per heavy atom. The van der Waals surface area contributed by atoms with Crippen LogP contribution in [-0.2, 0) is 6.42 Å². The number of nitrogens with zero attached hydrogens (tertiary/aromatic N) is 1. The summed E-state index contributed by atoms with van der Waals surface area (Å²) in [5, 5.41) is 10.5. The van der Waals surface area contributed by atoms with Crippen LogP contribution in [0.3, 0.4) is 0 Å². The average Bonchev–Trinajstić information content (AvgIpc) is 2.94. The summed E-state index contributed by atoms with van der Waals surface area (Å²) in [6, 6.07) is 6.19. The maximum absolute atomic E-state index is 10.5. The van der Waals surface area contributed by atoms with Crippen molar-refractivity contribution in [2.75, 3.05) is 20.1 Å². The second kappa shape index (κ2) is 5.66. The van der Waals surface area contributed by atoms with E-state index >= 15 is 0 Å². The van der Waals surface area contributed by atoms with Gasteiger partial charge in [0.15, 0.2) is 0 Å². The van der Waals surface area contributed by atoms with Crippen LogP contribution >= 0.6 is 15.9 Å². The summed E-state index contributed by atoms with van der Waals surface area (Å²) in [5.41, 5.74) is 0.806. The van der Waals surface area contributed by atoms with Crippen molar-refractivity contribution in [1.82, 2.24) is 4.90 Å². The first-order valence-corrected chi connectivity index (χ1v) is 8.19. The molecule has 110 valence electrons. The summed E-state index contributed by atoms with van der Waals surface area (Å²) in [5.74, 6) is 1.01. The topological polar surface area (TPSA) is 32.7 Å². The SMILES string of the molecule is CN(CC1Cc2cc(Br)ccc2O1)CC1(O)CCCC1. The normalized spacial score (nSPS) is 23.9. The fraction of sp³-hybridized carbons (Fsp3) is 0.625. The van der Waals surface area contributed by atoms with E-state index in [-0.39, 0.29) is 6.10 Å². The molecule has 0 radical (unpaired) electrons. The predicted molar refractivity (Wildman–Crippen MR) is 83.2 cm³/mol. The average molecular weight is 340 g/mol. The van der Waals surface area contributed by atoms with Crippen molar-refractivity contribution in [2.45, 2.75) is 43.8 Å². The Bertz CT molecular complexity index is 485. The second-order valence-electron chi connectivity index (χ2n) is 6.32. The number of rotatable bonds is 4. The lowest BCUT2D eigenvalue weighted by Gasteiger charge is -2.29. The highest BCUT2D eigenvalue weighted by Gasteiger charge is 2.33. The molecule has 0 spiro atoms. The maximum Gasteiger partial charge on any atom is 0.123 e. The molecule has 1 aromatic carbocycles. The molecule has 4 heteroatoms. The van der Waals surface area contributed by atoms with Gasteiger partial charge in [-0.15, -0.1) is 0 Å². The van der Waals surface area contributed by atoms with Crippen molar-refractivity contribution >= 4 is 15.9 Å². The molecule has 0 aromatic heterocycles. The van der Waals surface area contributed by atoms with E-state index in [2.05, 4.69) is 33.9 Å². The van der Waals surface area contributed by atoms with Crippen molar-refractivity contribution in [3.05, 3.63) is 28.2 Å². The molecule has 3 nitrogen and oxygen atoms in total. The second-order valence-corrected chi connectivity index (χ2v) is 7.24. The van der Waals surface area contributed by atoms with Gasteiger partial charge in [-0.2, -0.15) is 0 Å². The van der Waals surface area contributed by atoms with Gasteiger partial charge in [-0.3, -0.25) is 4.90 Å². The van der Waals surface area contributed by atoms with Gasteiger partial charge in [-0.1, -0.05) is 28.8 Å². The van der Waals surface area contributed by atoms with Crippen molar-refractivity contribution in [2.24, 2.45) is 0 Å². The molecule has 20 heavy (non-hydrogen) atoms. The van der Waals surface area contributed by atoms with Crippen molar-refractivity contribution in [1.29, 1.82) is 0 Å². The van der Waals surface area contributed by atoms with Gasteiger partial charge < -0.3 is 9.84 Å². The minimum absolute atomic E-state index is 0.203. The first kappa shape index (κ1) is 14.4. The molecule has 0 saturated heterocycles.